The largest absolute Gasteiger partial charge is 0.476 e. The lowest BCUT2D eigenvalue weighted by Gasteiger charge is -2.04. The van der Waals surface area contributed by atoms with Gasteiger partial charge in [-0.05, 0) is 24.6 Å². The first kappa shape index (κ1) is 14.2. The average Bonchev–Trinajstić information content (AvgIpc) is 2.82. The molecule has 0 saturated heterocycles. The Labute approximate surface area is 120 Å². The van der Waals surface area contributed by atoms with Gasteiger partial charge in [-0.3, -0.25) is 4.79 Å². The van der Waals surface area contributed by atoms with E-state index in [0.29, 0.717) is 22.0 Å². The number of rotatable bonds is 4. The van der Waals surface area contributed by atoms with Crippen LogP contribution in [0.4, 0.5) is 5.69 Å². The van der Waals surface area contributed by atoms with Crippen LogP contribution in [0.15, 0.2) is 24.3 Å². The Kier molecular flexibility index (Phi) is 4.14. The predicted molar refractivity (Wildman–Crippen MR) is 78.2 cm³/mol. The van der Waals surface area contributed by atoms with Crippen molar-refractivity contribution in [2.45, 2.75) is 20.3 Å². The first-order chi connectivity index (χ1) is 9.51. The Bertz CT molecular complexity index is 647. The van der Waals surface area contributed by atoms with E-state index in [9.17, 15) is 9.59 Å². The fourth-order valence-corrected chi connectivity index (χ4v) is 2.64. The van der Waals surface area contributed by atoms with Crippen LogP contribution < -0.4 is 5.32 Å². The van der Waals surface area contributed by atoms with E-state index in [1.807, 2.05) is 0 Å². The standard InChI is InChI=1S/C14H14N2O3S/c1-3-11(17)16-10-6-4-9(5-7-10)13-12(14(18)19)15-8(2)20-13/h4-7H,3H2,1-2H3,(H,16,17)(H,18,19). The van der Waals surface area contributed by atoms with Gasteiger partial charge in [-0.25, -0.2) is 9.78 Å². The second-order valence-electron chi connectivity index (χ2n) is 4.19. The van der Waals surface area contributed by atoms with E-state index in [1.165, 1.54) is 11.3 Å². The minimum absolute atomic E-state index is 0.0578. The number of carbonyl (C=O) groups excluding carboxylic acids is 1. The molecule has 0 radical (unpaired) electrons. The number of amides is 1. The van der Waals surface area contributed by atoms with Crippen molar-refractivity contribution in [2.24, 2.45) is 0 Å². The highest BCUT2D eigenvalue weighted by molar-refractivity contribution is 7.15. The molecule has 20 heavy (non-hydrogen) atoms. The van der Waals surface area contributed by atoms with E-state index in [4.69, 9.17) is 5.11 Å². The molecule has 0 bridgehead atoms. The average molecular weight is 290 g/mol. The van der Waals surface area contributed by atoms with Crippen LogP contribution in [0.2, 0.25) is 0 Å². The van der Waals surface area contributed by atoms with Gasteiger partial charge in [-0.15, -0.1) is 11.3 Å². The molecule has 0 aliphatic rings. The summed E-state index contributed by atoms with van der Waals surface area (Å²) in [5.41, 5.74) is 1.54. The minimum atomic E-state index is -1.03. The number of nitrogens with zero attached hydrogens (tertiary/aromatic N) is 1. The molecule has 1 aromatic heterocycles. The van der Waals surface area contributed by atoms with Gasteiger partial charge < -0.3 is 10.4 Å². The minimum Gasteiger partial charge on any atom is -0.476 e. The van der Waals surface area contributed by atoms with Crippen LogP contribution in [0.1, 0.15) is 28.8 Å². The van der Waals surface area contributed by atoms with Gasteiger partial charge in [-0.1, -0.05) is 19.1 Å². The quantitative estimate of drug-likeness (QED) is 0.906. The fourth-order valence-electron chi connectivity index (χ4n) is 1.72. The van der Waals surface area contributed by atoms with Crippen molar-refractivity contribution < 1.29 is 14.7 Å². The van der Waals surface area contributed by atoms with Crippen LogP contribution in [0, 0.1) is 6.92 Å². The van der Waals surface area contributed by atoms with Crippen LogP contribution in [-0.4, -0.2) is 22.0 Å². The zero-order valence-electron chi connectivity index (χ0n) is 11.1. The number of carboxylic acids is 1. The monoisotopic (exact) mass is 290 g/mol. The van der Waals surface area contributed by atoms with E-state index in [0.717, 1.165) is 5.56 Å². The van der Waals surface area contributed by atoms with Crippen LogP contribution in [0.5, 0.6) is 0 Å². The van der Waals surface area contributed by atoms with Gasteiger partial charge in [0.2, 0.25) is 5.91 Å². The Morgan fingerprint density at radius 1 is 1.30 bits per heavy atom. The predicted octanol–water partition coefficient (Wildman–Crippen LogP) is 3.17. The third kappa shape index (κ3) is 3.03. The molecule has 0 saturated carbocycles. The fraction of sp³-hybridized carbons (Fsp3) is 0.214. The molecule has 0 atom stereocenters. The Balaban J connectivity index is 2.30. The molecule has 1 amide bonds. The number of hydrogen-bond acceptors (Lipinski definition) is 4. The molecule has 0 aliphatic heterocycles. The molecule has 2 aromatic rings. The summed E-state index contributed by atoms with van der Waals surface area (Å²) in [6.07, 6.45) is 0.416. The number of hydrogen-bond donors (Lipinski definition) is 2. The van der Waals surface area contributed by atoms with Gasteiger partial charge in [0.1, 0.15) is 0 Å². The van der Waals surface area contributed by atoms with Crippen LogP contribution in [0.3, 0.4) is 0 Å². The van der Waals surface area contributed by atoms with E-state index < -0.39 is 5.97 Å². The van der Waals surface area contributed by atoms with Crippen molar-refractivity contribution in [3.63, 3.8) is 0 Å². The van der Waals surface area contributed by atoms with Crippen molar-refractivity contribution in [2.75, 3.05) is 5.32 Å². The number of aryl methyl sites for hydroxylation is 1. The second-order valence-corrected chi connectivity index (χ2v) is 5.40. The number of thiazole rings is 1. The lowest BCUT2D eigenvalue weighted by atomic mass is 10.1. The molecule has 2 N–H and O–H groups in total. The van der Waals surface area contributed by atoms with Crippen molar-refractivity contribution in [3.8, 4) is 10.4 Å². The Hall–Kier alpha value is -2.21. The van der Waals surface area contributed by atoms with Crippen molar-refractivity contribution in [1.82, 2.24) is 4.98 Å². The third-order valence-corrected chi connectivity index (χ3v) is 3.71. The molecule has 0 spiro atoms. The number of carboxylic acid groups (broad SMARTS) is 1. The molecule has 1 heterocycles. The highest BCUT2D eigenvalue weighted by Gasteiger charge is 2.17. The summed E-state index contributed by atoms with van der Waals surface area (Å²) in [5.74, 6) is -1.09. The number of benzene rings is 1. The molecule has 0 fully saturated rings. The maximum Gasteiger partial charge on any atom is 0.356 e. The number of aromatic carboxylic acids is 1. The summed E-state index contributed by atoms with van der Waals surface area (Å²) in [6, 6.07) is 7.07. The number of nitrogens with one attached hydrogen (secondary N) is 1. The summed E-state index contributed by atoms with van der Waals surface area (Å²) in [6.45, 7) is 3.55. The van der Waals surface area contributed by atoms with Gasteiger partial charge in [0.05, 0.1) is 9.88 Å². The lowest BCUT2D eigenvalue weighted by Crippen LogP contribution is -2.09. The van der Waals surface area contributed by atoms with E-state index in [2.05, 4.69) is 10.3 Å². The van der Waals surface area contributed by atoms with E-state index >= 15 is 0 Å². The van der Waals surface area contributed by atoms with Crippen LogP contribution >= 0.6 is 11.3 Å². The number of carbonyl (C=O) groups is 2. The molecule has 5 nitrogen and oxygen atoms in total. The van der Waals surface area contributed by atoms with Crippen molar-refractivity contribution in [1.29, 1.82) is 0 Å². The molecule has 104 valence electrons. The molecule has 2 rings (SSSR count). The molecular formula is C14H14N2O3S. The first-order valence-electron chi connectivity index (χ1n) is 6.12. The highest BCUT2D eigenvalue weighted by Crippen LogP contribution is 2.31. The first-order valence-corrected chi connectivity index (χ1v) is 6.94. The second kappa shape index (κ2) is 5.83. The molecule has 0 unspecified atom stereocenters. The zero-order chi connectivity index (χ0) is 14.7. The number of anilines is 1. The highest BCUT2D eigenvalue weighted by atomic mass is 32.1. The lowest BCUT2D eigenvalue weighted by molar-refractivity contribution is -0.115. The van der Waals surface area contributed by atoms with Crippen molar-refractivity contribution in [3.05, 3.63) is 35.0 Å². The smallest absolute Gasteiger partial charge is 0.356 e. The van der Waals surface area contributed by atoms with E-state index in [-0.39, 0.29) is 11.6 Å². The van der Waals surface area contributed by atoms with E-state index in [1.54, 1.807) is 38.1 Å². The van der Waals surface area contributed by atoms with Gasteiger partial charge in [0.15, 0.2) is 5.69 Å². The Morgan fingerprint density at radius 2 is 1.95 bits per heavy atom. The maximum absolute atomic E-state index is 11.3. The summed E-state index contributed by atoms with van der Waals surface area (Å²) >= 11 is 1.34. The normalized spacial score (nSPS) is 10.3. The summed E-state index contributed by atoms with van der Waals surface area (Å²) < 4.78 is 0. The molecule has 6 heteroatoms. The zero-order valence-corrected chi connectivity index (χ0v) is 12.0. The van der Waals surface area contributed by atoms with Gasteiger partial charge in [0.25, 0.3) is 0 Å². The van der Waals surface area contributed by atoms with Crippen molar-refractivity contribution >= 4 is 28.9 Å². The van der Waals surface area contributed by atoms with Crippen LogP contribution in [-0.2, 0) is 4.79 Å². The maximum atomic E-state index is 11.3. The summed E-state index contributed by atoms with van der Waals surface area (Å²) in [5, 5.41) is 12.6. The third-order valence-electron chi connectivity index (χ3n) is 2.69. The summed E-state index contributed by atoms with van der Waals surface area (Å²) in [4.78, 5) is 27.1. The Morgan fingerprint density at radius 3 is 2.50 bits per heavy atom. The van der Waals surface area contributed by atoms with Gasteiger partial charge >= 0.3 is 5.97 Å². The topological polar surface area (TPSA) is 79.3 Å². The van der Waals surface area contributed by atoms with Crippen LogP contribution in [0.25, 0.3) is 10.4 Å². The number of aromatic nitrogens is 1. The molecular weight excluding hydrogens is 276 g/mol. The molecule has 1 aromatic carbocycles. The summed E-state index contributed by atoms with van der Waals surface area (Å²) in [7, 11) is 0. The van der Waals surface area contributed by atoms with Gasteiger partial charge in [0, 0.05) is 12.1 Å². The van der Waals surface area contributed by atoms with Gasteiger partial charge in [-0.2, -0.15) is 0 Å². The SMILES string of the molecule is CCC(=O)Nc1ccc(-c2sc(C)nc2C(=O)O)cc1. The molecule has 0 aliphatic carbocycles.